The summed E-state index contributed by atoms with van der Waals surface area (Å²) in [5, 5.41) is 2.93. The Balaban J connectivity index is 1.78. The van der Waals surface area contributed by atoms with Crippen LogP contribution in [0.1, 0.15) is 34.1 Å². The van der Waals surface area contributed by atoms with E-state index in [-0.39, 0.29) is 35.3 Å². The first kappa shape index (κ1) is 17.6. The number of nitrogens with zero attached hydrogens (tertiary/aromatic N) is 2. The molecule has 2 unspecified atom stereocenters. The third-order valence-electron chi connectivity index (χ3n) is 4.06. The molecule has 1 saturated heterocycles. The molecule has 1 aliphatic carbocycles. The Morgan fingerprint density at radius 2 is 1.61 bits per heavy atom. The van der Waals surface area contributed by atoms with Crippen LogP contribution in [0, 0.1) is 11.8 Å². The van der Waals surface area contributed by atoms with Gasteiger partial charge in [-0.3, -0.25) is 9.59 Å². The predicted octanol–water partition coefficient (Wildman–Crippen LogP) is 0.838. The molecule has 0 aromatic rings. The lowest BCUT2D eigenvalue weighted by Crippen LogP contribution is -2.51. The predicted molar refractivity (Wildman–Crippen MR) is 84.7 cm³/mol. The summed E-state index contributed by atoms with van der Waals surface area (Å²) in [5.41, 5.74) is -0.279. The van der Waals surface area contributed by atoms with E-state index < -0.39 is 0 Å². The highest BCUT2D eigenvalue weighted by molar-refractivity contribution is 5.92. The van der Waals surface area contributed by atoms with Crippen LogP contribution in [0.15, 0.2) is 0 Å². The van der Waals surface area contributed by atoms with Gasteiger partial charge in [0.2, 0.25) is 11.8 Å². The smallest absolute Gasteiger partial charge is 0.409 e. The summed E-state index contributed by atoms with van der Waals surface area (Å²) in [6.07, 6.45) is 0.298. The lowest BCUT2D eigenvalue weighted by Gasteiger charge is -2.34. The van der Waals surface area contributed by atoms with E-state index in [9.17, 15) is 14.4 Å². The normalized spacial score (nSPS) is 24.2. The maximum absolute atomic E-state index is 12.5. The van der Waals surface area contributed by atoms with Gasteiger partial charge >= 0.3 is 6.09 Å². The number of rotatable bonds is 3. The highest BCUT2D eigenvalue weighted by Crippen LogP contribution is 2.40. The molecule has 7 heteroatoms. The van der Waals surface area contributed by atoms with Crippen LogP contribution in [0.4, 0.5) is 4.79 Å². The number of piperazine rings is 1. The quantitative estimate of drug-likeness (QED) is 0.834. The fourth-order valence-corrected chi connectivity index (χ4v) is 2.78. The highest BCUT2D eigenvalue weighted by atomic mass is 16.6. The van der Waals surface area contributed by atoms with Gasteiger partial charge in [0.05, 0.1) is 18.4 Å². The minimum atomic E-state index is -0.326. The first-order chi connectivity index (χ1) is 10.7. The number of hydrogen-bond donors (Lipinski definition) is 1. The zero-order valence-corrected chi connectivity index (χ0v) is 14.4. The maximum Gasteiger partial charge on any atom is 0.409 e. The number of amides is 3. The van der Waals surface area contributed by atoms with E-state index in [0.29, 0.717) is 39.2 Å². The fraction of sp³-hybridized carbons (Fsp3) is 0.812. The molecule has 3 amide bonds. The van der Waals surface area contributed by atoms with Gasteiger partial charge in [-0.1, -0.05) is 0 Å². The third-order valence-corrected chi connectivity index (χ3v) is 4.06. The molecule has 0 aromatic heterocycles. The summed E-state index contributed by atoms with van der Waals surface area (Å²) < 4.78 is 4.96. The van der Waals surface area contributed by atoms with Gasteiger partial charge < -0.3 is 19.9 Å². The third kappa shape index (κ3) is 4.59. The fourth-order valence-electron chi connectivity index (χ4n) is 2.78. The van der Waals surface area contributed by atoms with Crippen molar-refractivity contribution in [3.8, 4) is 0 Å². The zero-order chi connectivity index (χ0) is 17.2. The van der Waals surface area contributed by atoms with Crippen LogP contribution in [-0.2, 0) is 14.3 Å². The average molecular weight is 325 g/mol. The minimum absolute atomic E-state index is 0.0302. The molecule has 1 N–H and O–H groups in total. The van der Waals surface area contributed by atoms with Crippen LogP contribution < -0.4 is 5.32 Å². The van der Waals surface area contributed by atoms with Crippen LogP contribution >= 0.6 is 0 Å². The summed E-state index contributed by atoms with van der Waals surface area (Å²) in [6, 6.07) is 0. The molecule has 7 nitrogen and oxygen atoms in total. The average Bonchev–Trinajstić information content (AvgIpc) is 3.26. The first-order valence-corrected chi connectivity index (χ1v) is 8.25. The second kappa shape index (κ2) is 6.76. The van der Waals surface area contributed by atoms with Gasteiger partial charge in [-0.05, 0) is 34.1 Å². The molecule has 0 bridgehead atoms. The molecule has 2 rings (SSSR count). The number of carbonyl (C=O) groups is 3. The van der Waals surface area contributed by atoms with Crippen LogP contribution in [0.2, 0.25) is 0 Å². The van der Waals surface area contributed by atoms with Gasteiger partial charge in [0.25, 0.3) is 0 Å². The lowest BCUT2D eigenvalue weighted by molar-refractivity contribution is -0.136. The van der Waals surface area contributed by atoms with Crippen molar-refractivity contribution < 1.29 is 19.1 Å². The Bertz CT molecular complexity index is 478. The summed E-state index contributed by atoms with van der Waals surface area (Å²) in [6.45, 7) is 9.88. The first-order valence-electron chi connectivity index (χ1n) is 8.25. The van der Waals surface area contributed by atoms with Gasteiger partial charge in [-0.2, -0.15) is 0 Å². The monoisotopic (exact) mass is 325 g/mol. The van der Waals surface area contributed by atoms with Gasteiger partial charge in [0.15, 0.2) is 0 Å². The topological polar surface area (TPSA) is 79.0 Å². The number of ether oxygens (including phenoxy) is 1. The molecule has 130 valence electrons. The van der Waals surface area contributed by atoms with Gasteiger partial charge in [-0.25, -0.2) is 4.79 Å². The summed E-state index contributed by atoms with van der Waals surface area (Å²) >= 11 is 0. The molecule has 23 heavy (non-hydrogen) atoms. The molecule has 2 aliphatic rings. The van der Waals surface area contributed by atoms with E-state index in [1.165, 1.54) is 0 Å². The largest absolute Gasteiger partial charge is 0.450 e. The van der Waals surface area contributed by atoms with Crippen molar-refractivity contribution in [2.75, 3.05) is 32.8 Å². The van der Waals surface area contributed by atoms with E-state index in [2.05, 4.69) is 5.32 Å². The zero-order valence-electron chi connectivity index (χ0n) is 14.4. The Morgan fingerprint density at radius 1 is 1.04 bits per heavy atom. The molecular weight excluding hydrogens is 298 g/mol. The van der Waals surface area contributed by atoms with Crippen molar-refractivity contribution in [2.24, 2.45) is 11.8 Å². The molecule has 2 fully saturated rings. The molecule has 2 atom stereocenters. The van der Waals surface area contributed by atoms with Crippen molar-refractivity contribution in [1.29, 1.82) is 0 Å². The molecule has 1 saturated carbocycles. The Labute approximate surface area is 137 Å². The van der Waals surface area contributed by atoms with E-state index in [1.54, 1.807) is 16.7 Å². The van der Waals surface area contributed by atoms with Crippen molar-refractivity contribution in [3.63, 3.8) is 0 Å². The lowest BCUT2D eigenvalue weighted by atomic mass is 10.1. The van der Waals surface area contributed by atoms with Crippen molar-refractivity contribution >= 4 is 17.9 Å². The highest BCUT2D eigenvalue weighted by Gasteiger charge is 2.50. The maximum atomic E-state index is 12.5. The molecule has 1 aliphatic heterocycles. The van der Waals surface area contributed by atoms with E-state index in [0.717, 1.165) is 0 Å². The summed E-state index contributed by atoms with van der Waals surface area (Å²) in [4.78, 5) is 39.5. The van der Waals surface area contributed by atoms with E-state index >= 15 is 0 Å². The Kier molecular flexibility index (Phi) is 5.16. The number of nitrogens with one attached hydrogen (secondary N) is 1. The second-order valence-electron chi connectivity index (χ2n) is 7.20. The van der Waals surface area contributed by atoms with Gasteiger partial charge in [0.1, 0.15) is 0 Å². The van der Waals surface area contributed by atoms with Crippen molar-refractivity contribution in [1.82, 2.24) is 15.1 Å². The molecule has 0 spiro atoms. The molecule has 1 heterocycles. The number of hydrogen-bond acceptors (Lipinski definition) is 4. The van der Waals surface area contributed by atoms with Gasteiger partial charge in [0, 0.05) is 31.7 Å². The standard InChI is InChI=1S/C16H27N3O4/c1-5-23-15(22)19-8-6-18(7-9-19)14(21)12-10-11(12)13(20)17-16(2,3)4/h11-12H,5-10H2,1-4H3,(H,17,20). The SMILES string of the molecule is CCOC(=O)N1CCN(C(=O)C2CC2C(=O)NC(C)(C)C)CC1. The number of carbonyl (C=O) groups excluding carboxylic acids is 3. The Morgan fingerprint density at radius 3 is 2.13 bits per heavy atom. The minimum Gasteiger partial charge on any atom is -0.450 e. The van der Waals surface area contributed by atoms with Crippen molar-refractivity contribution in [3.05, 3.63) is 0 Å². The van der Waals surface area contributed by atoms with Crippen LogP contribution in [0.5, 0.6) is 0 Å². The van der Waals surface area contributed by atoms with Crippen molar-refractivity contribution in [2.45, 2.75) is 39.7 Å². The summed E-state index contributed by atoms with van der Waals surface area (Å²) in [5.74, 6) is -0.417. The van der Waals surface area contributed by atoms with E-state index in [1.807, 2.05) is 20.8 Å². The second-order valence-corrected chi connectivity index (χ2v) is 7.20. The Hall–Kier alpha value is -1.79. The van der Waals surface area contributed by atoms with E-state index in [4.69, 9.17) is 4.74 Å². The van der Waals surface area contributed by atoms with Gasteiger partial charge in [-0.15, -0.1) is 0 Å². The van der Waals surface area contributed by atoms with Crippen LogP contribution in [0.25, 0.3) is 0 Å². The molecule has 0 aromatic carbocycles. The summed E-state index contributed by atoms with van der Waals surface area (Å²) in [7, 11) is 0. The molecule has 0 radical (unpaired) electrons. The van der Waals surface area contributed by atoms with Crippen LogP contribution in [-0.4, -0.2) is 66.0 Å². The van der Waals surface area contributed by atoms with Crippen LogP contribution in [0.3, 0.4) is 0 Å². The molecular formula is C16H27N3O4.